The van der Waals surface area contributed by atoms with Crippen LogP contribution >= 0.6 is 0 Å². The van der Waals surface area contributed by atoms with Gasteiger partial charge in [-0.1, -0.05) is 36.4 Å². The Hall–Kier alpha value is -2.69. The Bertz CT molecular complexity index is 871. The van der Waals surface area contributed by atoms with Crippen molar-refractivity contribution in [1.29, 1.82) is 0 Å². The number of urea groups is 1. The molecular weight excluding hydrogens is 364 g/mol. The highest BCUT2D eigenvalue weighted by molar-refractivity contribution is 5.76. The molecule has 2 fully saturated rings. The molecule has 0 atom stereocenters. The lowest BCUT2D eigenvalue weighted by molar-refractivity contribution is 0.165. The van der Waals surface area contributed by atoms with Crippen LogP contribution in [0.2, 0.25) is 0 Å². The molecule has 1 aliphatic carbocycles. The summed E-state index contributed by atoms with van der Waals surface area (Å²) in [6.45, 7) is 2.84. The van der Waals surface area contributed by atoms with E-state index in [0.29, 0.717) is 19.1 Å². The van der Waals surface area contributed by atoms with Crippen LogP contribution in [0.15, 0.2) is 48.5 Å². The van der Waals surface area contributed by atoms with E-state index in [2.05, 4.69) is 41.7 Å². The van der Waals surface area contributed by atoms with Crippen molar-refractivity contribution < 1.29 is 14.3 Å². The number of fused-ring (bicyclic) bond motifs is 1. The first kappa shape index (κ1) is 18.3. The van der Waals surface area contributed by atoms with Crippen LogP contribution < -0.4 is 14.8 Å². The third-order valence-corrected chi connectivity index (χ3v) is 6.46. The largest absolute Gasteiger partial charge is 0.486 e. The number of benzene rings is 2. The highest BCUT2D eigenvalue weighted by atomic mass is 16.6. The van der Waals surface area contributed by atoms with Gasteiger partial charge in [0, 0.05) is 13.1 Å². The van der Waals surface area contributed by atoms with Gasteiger partial charge in [0.15, 0.2) is 11.5 Å². The summed E-state index contributed by atoms with van der Waals surface area (Å²) >= 11 is 0. The van der Waals surface area contributed by atoms with Crippen LogP contribution in [0.25, 0.3) is 0 Å². The van der Waals surface area contributed by atoms with Gasteiger partial charge in [0.25, 0.3) is 0 Å². The molecule has 0 unspecified atom stereocenters. The zero-order valence-electron chi connectivity index (χ0n) is 16.7. The van der Waals surface area contributed by atoms with Crippen LogP contribution in [-0.2, 0) is 12.0 Å². The number of rotatable bonds is 4. The van der Waals surface area contributed by atoms with Gasteiger partial charge in [-0.2, -0.15) is 0 Å². The standard InChI is InChI=1S/C24H28N2O3/c27-23(26-12-8-19(9-13-26)16-18-4-2-1-3-5-18)25-24(10-11-24)20-6-7-21-22(17-20)29-15-14-28-21/h1-7,17,19H,8-16H2,(H,25,27). The molecule has 2 amide bonds. The molecule has 152 valence electrons. The fraction of sp³-hybridized carbons (Fsp3) is 0.458. The summed E-state index contributed by atoms with van der Waals surface area (Å²) in [4.78, 5) is 14.9. The Morgan fingerprint density at radius 1 is 1.00 bits per heavy atom. The second-order valence-electron chi connectivity index (χ2n) is 8.49. The SMILES string of the molecule is O=C(NC1(c2ccc3c(c2)OCCO3)CC1)N1CCC(Cc2ccccc2)CC1. The van der Waals surface area contributed by atoms with Crippen molar-refractivity contribution in [3.63, 3.8) is 0 Å². The molecule has 0 aromatic heterocycles. The number of hydrogen-bond donors (Lipinski definition) is 1. The van der Waals surface area contributed by atoms with Gasteiger partial charge in [-0.3, -0.25) is 0 Å². The Morgan fingerprint density at radius 3 is 2.45 bits per heavy atom. The topological polar surface area (TPSA) is 50.8 Å². The lowest BCUT2D eigenvalue weighted by atomic mass is 9.90. The smallest absolute Gasteiger partial charge is 0.318 e. The van der Waals surface area contributed by atoms with Crippen LogP contribution in [0.3, 0.4) is 0 Å². The van der Waals surface area contributed by atoms with Crippen LogP contribution in [0.1, 0.15) is 36.8 Å². The first-order chi connectivity index (χ1) is 14.2. The first-order valence-corrected chi connectivity index (χ1v) is 10.7. The fourth-order valence-electron chi connectivity index (χ4n) is 4.52. The number of piperidine rings is 1. The first-order valence-electron chi connectivity index (χ1n) is 10.7. The van der Waals surface area contributed by atoms with E-state index in [0.717, 1.165) is 62.3 Å². The fourth-order valence-corrected chi connectivity index (χ4v) is 4.52. The number of nitrogens with one attached hydrogen (secondary N) is 1. The van der Waals surface area contributed by atoms with Gasteiger partial charge in [0.05, 0.1) is 5.54 Å². The van der Waals surface area contributed by atoms with E-state index >= 15 is 0 Å². The maximum atomic E-state index is 12.9. The van der Waals surface area contributed by atoms with Crippen molar-refractivity contribution in [2.75, 3.05) is 26.3 Å². The summed E-state index contributed by atoms with van der Waals surface area (Å²) in [5.41, 5.74) is 2.27. The van der Waals surface area contributed by atoms with Gasteiger partial charge in [0.1, 0.15) is 13.2 Å². The Morgan fingerprint density at radius 2 is 1.72 bits per heavy atom. The number of amides is 2. The van der Waals surface area contributed by atoms with Crippen LogP contribution in [0, 0.1) is 5.92 Å². The number of carbonyl (C=O) groups is 1. The van der Waals surface area contributed by atoms with E-state index in [9.17, 15) is 4.79 Å². The van der Waals surface area contributed by atoms with Crippen molar-refractivity contribution in [3.05, 3.63) is 59.7 Å². The minimum Gasteiger partial charge on any atom is -0.486 e. The molecule has 1 N–H and O–H groups in total. The molecule has 2 aliphatic heterocycles. The molecule has 2 aromatic carbocycles. The second-order valence-corrected chi connectivity index (χ2v) is 8.49. The van der Waals surface area contributed by atoms with Crippen molar-refractivity contribution in [3.8, 4) is 11.5 Å². The van der Waals surface area contributed by atoms with Gasteiger partial charge >= 0.3 is 6.03 Å². The van der Waals surface area contributed by atoms with Crippen LogP contribution in [0.5, 0.6) is 11.5 Å². The predicted molar refractivity (Wildman–Crippen MR) is 111 cm³/mol. The molecule has 1 saturated heterocycles. The predicted octanol–water partition coefficient (Wildman–Crippen LogP) is 4.11. The Labute approximate surface area is 172 Å². The van der Waals surface area contributed by atoms with Gasteiger partial charge in [0.2, 0.25) is 0 Å². The third-order valence-electron chi connectivity index (χ3n) is 6.46. The average molecular weight is 392 g/mol. The number of nitrogens with zero attached hydrogens (tertiary/aromatic N) is 1. The van der Waals surface area contributed by atoms with E-state index in [-0.39, 0.29) is 11.6 Å². The number of likely N-dealkylation sites (tertiary alicyclic amines) is 1. The molecule has 2 aromatic rings. The lowest BCUT2D eigenvalue weighted by Gasteiger charge is -2.33. The summed E-state index contributed by atoms with van der Waals surface area (Å²) in [5.74, 6) is 2.24. The molecule has 3 aliphatic rings. The number of carbonyl (C=O) groups excluding carboxylic acids is 1. The number of ether oxygens (including phenoxy) is 2. The van der Waals surface area contributed by atoms with Crippen molar-refractivity contribution >= 4 is 6.03 Å². The van der Waals surface area contributed by atoms with Gasteiger partial charge in [-0.25, -0.2) is 4.79 Å². The summed E-state index contributed by atoms with van der Waals surface area (Å²) in [5, 5.41) is 3.32. The third kappa shape index (κ3) is 3.91. The van der Waals surface area contributed by atoms with Crippen LogP contribution in [0.4, 0.5) is 4.79 Å². The minimum atomic E-state index is -0.242. The van der Waals surface area contributed by atoms with E-state index in [4.69, 9.17) is 9.47 Å². The monoisotopic (exact) mass is 392 g/mol. The van der Waals surface area contributed by atoms with E-state index in [1.807, 2.05) is 17.0 Å². The summed E-state index contributed by atoms with van der Waals surface area (Å²) in [6.07, 6.45) is 5.20. The van der Waals surface area contributed by atoms with Crippen molar-refractivity contribution in [2.45, 2.75) is 37.6 Å². The van der Waals surface area contributed by atoms with Gasteiger partial charge in [-0.15, -0.1) is 0 Å². The van der Waals surface area contributed by atoms with Gasteiger partial charge < -0.3 is 19.7 Å². The Balaban J connectivity index is 1.18. The lowest BCUT2D eigenvalue weighted by Crippen LogP contribution is -2.48. The maximum absolute atomic E-state index is 12.9. The summed E-state index contributed by atoms with van der Waals surface area (Å²) in [6, 6.07) is 16.8. The Kier molecular flexibility index (Phi) is 4.82. The maximum Gasteiger partial charge on any atom is 0.318 e. The van der Waals surface area contributed by atoms with Crippen LogP contribution in [-0.4, -0.2) is 37.2 Å². The van der Waals surface area contributed by atoms with Crippen molar-refractivity contribution in [1.82, 2.24) is 10.2 Å². The number of hydrogen-bond acceptors (Lipinski definition) is 3. The minimum absolute atomic E-state index is 0.0653. The summed E-state index contributed by atoms with van der Waals surface area (Å²) < 4.78 is 11.3. The molecule has 0 spiro atoms. The molecule has 5 rings (SSSR count). The molecule has 0 radical (unpaired) electrons. The molecule has 2 heterocycles. The molecule has 1 saturated carbocycles. The highest BCUT2D eigenvalue weighted by Gasteiger charge is 2.47. The van der Waals surface area contributed by atoms with Crippen molar-refractivity contribution in [2.24, 2.45) is 5.92 Å². The van der Waals surface area contributed by atoms with E-state index < -0.39 is 0 Å². The van der Waals surface area contributed by atoms with E-state index in [1.54, 1.807) is 0 Å². The zero-order chi connectivity index (χ0) is 19.7. The molecule has 29 heavy (non-hydrogen) atoms. The highest BCUT2D eigenvalue weighted by Crippen LogP contribution is 2.48. The molecule has 0 bridgehead atoms. The molecule has 5 nitrogen and oxygen atoms in total. The van der Waals surface area contributed by atoms with Gasteiger partial charge in [-0.05, 0) is 61.3 Å². The molecule has 5 heteroatoms. The quantitative estimate of drug-likeness (QED) is 0.852. The average Bonchev–Trinajstić information content (AvgIpc) is 3.55. The molecular formula is C24H28N2O3. The normalized spacial score (nSPS) is 20.2. The van der Waals surface area contributed by atoms with E-state index in [1.165, 1.54) is 5.56 Å². The zero-order valence-corrected chi connectivity index (χ0v) is 16.7. The summed E-state index contributed by atoms with van der Waals surface area (Å²) in [7, 11) is 0. The second kappa shape index (κ2) is 7.62.